The number of benzene rings is 2. The number of methoxy groups -OCH3 is 1. The number of hydrazone groups is 1. The molecular weight excluding hydrogens is 519 g/mol. The van der Waals surface area contributed by atoms with Crippen molar-refractivity contribution in [2.75, 3.05) is 53.0 Å². The Bertz CT molecular complexity index is 1310. The van der Waals surface area contributed by atoms with Gasteiger partial charge in [-0.25, -0.2) is 9.40 Å². The van der Waals surface area contributed by atoms with Crippen LogP contribution in [0.2, 0.25) is 0 Å². The Morgan fingerprint density at radius 2 is 1.87 bits per heavy atom. The van der Waals surface area contributed by atoms with Crippen molar-refractivity contribution in [3.8, 4) is 5.75 Å². The van der Waals surface area contributed by atoms with E-state index in [4.69, 9.17) is 9.47 Å². The lowest BCUT2D eigenvalue weighted by molar-refractivity contribution is -0.133. The first-order chi connectivity index (χ1) is 19.0. The van der Waals surface area contributed by atoms with Crippen LogP contribution in [-0.4, -0.2) is 85.4 Å². The van der Waals surface area contributed by atoms with Gasteiger partial charge in [0.1, 0.15) is 18.1 Å². The Labute approximate surface area is 231 Å². The zero-order chi connectivity index (χ0) is 27.2. The highest BCUT2D eigenvalue weighted by Crippen LogP contribution is 2.35. The van der Waals surface area contributed by atoms with Crippen molar-refractivity contribution in [2.24, 2.45) is 5.10 Å². The molecular formula is C29H31FN4O4S. The Morgan fingerprint density at radius 1 is 1.10 bits per heavy atom. The molecule has 3 aromatic rings. The third-order valence-corrected chi connectivity index (χ3v) is 7.89. The first kappa shape index (κ1) is 27.0. The Balaban J connectivity index is 1.40. The lowest BCUT2D eigenvalue weighted by Gasteiger charge is -2.31. The minimum atomic E-state index is -0.590. The molecule has 2 aliphatic heterocycles. The van der Waals surface area contributed by atoms with Crippen LogP contribution in [0.25, 0.3) is 0 Å². The Hall–Kier alpha value is -3.60. The summed E-state index contributed by atoms with van der Waals surface area (Å²) in [6.07, 6.45) is 0.396. The number of amides is 2. The Kier molecular flexibility index (Phi) is 8.65. The third kappa shape index (κ3) is 6.35. The standard InChI is InChI=1S/C29H31FN4O4S/c1-37-22-10-8-21(9-11-22)29(36)33(13-12-32-14-16-38-17-15-32)20-28(35)34-26(23-5-2-3-6-24(23)30)19-25(31-34)27-7-4-18-39-27/h2-11,18,26H,12-17,19-20H2,1H3. The summed E-state index contributed by atoms with van der Waals surface area (Å²) in [5.41, 5.74) is 1.59. The normalized spacial score (nSPS) is 17.6. The van der Waals surface area contributed by atoms with Gasteiger partial charge in [-0.3, -0.25) is 14.5 Å². The van der Waals surface area contributed by atoms with Crippen molar-refractivity contribution in [3.05, 3.63) is 87.9 Å². The number of halogens is 1. The van der Waals surface area contributed by atoms with E-state index in [1.165, 1.54) is 22.4 Å². The molecule has 1 saturated heterocycles. The van der Waals surface area contributed by atoms with Crippen LogP contribution < -0.4 is 4.74 Å². The predicted molar refractivity (Wildman–Crippen MR) is 148 cm³/mol. The summed E-state index contributed by atoms with van der Waals surface area (Å²) >= 11 is 1.53. The summed E-state index contributed by atoms with van der Waals surface area (Å²) in [6, 6.07) is 16.6. The second-order valence-electron chi connectivity index (χ2n) is 9.41. The van der Waals surface area contributed by atoms with E-state index in [0.29, 0.717) is 49.6 Å². The summed E-state index contributed by atoms with van der Waals surface area (Å²) < 4.78 is 25.5. The number of ether oxygens (including phenoxy) is 2. The molecule has 0 bridgehead atoms. The molecule has 5 rings (SSSR count). The summed E-state index contributed by atoms with van der Waals surface area (Å²) in [7, 11) is 1.57. The molecule has 0 radical (unpaired) electrons. The zero-order valence-electron chi connectivity index (χ0n) is 21.8. The van der Waals surface area contributed by atoms with Crippen LogP contribution in [0.4, 0.5) is 4.39 Å². The predicted octanol–water partition coefficient (Wildman–Crippen LogP) is 4.05. The highest BCUT2D eigenvalue weighted by atomic mass is 32.1. The van der Waals surface area contributed by atoms with Gasteiger partial charge in [0, 0.05) is 43.7 Å². The zero-order valence-corrected chi connectivity index (χ0v) is 22.6. The Morgan fingerprint density at radius 3 is 2.56 bits per heavy atom. The van der Waals surface area contributed by atoms with Crippen LogP contribution in [0.1, 0.15) is 33.3 Å². The molecule has 8 nitrogen and oxygen atoms in total. The minimum Gasteiger partial charge on any atom is -0.497 e. The molecule has 39 heavy (non-hydrogen) atoms. The summed E-state index contributed by atoms with van der Waals surface area (Å²) in [6.45, 7) is 3.62. The van der Waals surface area contributed by atoms with Crippen LogP contribution in [0.5, 0.6) is 5.75 Å². The highest BCUT2D eigenvalue weighted by molar-refractivity contribution is 7.12. The highest BCUT2D eigenvalue weighted by Gasteiger charge is 2.36. The van der Waals surface area contributed by atoms with Gasteiger partial charge >= 0.3 is 0 Å². The van der Waals surface area contributed by atoms with E-state index >= 15 is 0 Å². The van der Waals surface area contributed by atoms with E-state index in [1.807, 2.05) is 17.5 Å². The SMILES string of the molecule is COc1ccc(C(=O)N(CCN2CCOCC2)CC(=O)N2N=C(c3cccs3)CC2c2ccccc2F)cc1. The number of carbonyl (C=O) groups excluding carboxylic acids is 2. The van der Waals surface area contributed by atoms with Crippen molar-refractivity contribution in [3.63, 3.8) is 0 Å². The lowest BCUT2D eigenvalue weighted by atomic mass is 10.0. The molecule has 10 heteroatoms. The fourth-order valence-corrected chi connectivity index (χ4v) is 5.53. The maximum Gasteiger partial charge on any atom is 0.262 e. The van der Waals surface area contributed by atoms with Crippen molar-refractivity contribution in [1.82, 2.24) is 14.8 Å². The summed E-state index contributed by atoms with van der Waals surface area (Å²) in [5, 5.41) is 7.95. The lowest BCUT2D eigenvalue weighted by Crippen LogP contribution is -2.46. The number of morpholine rings is 1. The van der Waals surface area contributed by atoms with Crippen molar-refractivity contribution < 1.29 is 23.5 Å². The number of hydrogen-bond donors (Lipinski definition) is 0. The second-order valence-corrected chi connectivity index (χ2v) is 10.4. The largest absolute Gasteiger partial charge is 0.497 e. The van der Waals surface area contributed by atoms with Gasteiger partial charge in [0.15, 0.2) is 0 Å². The average molecular weight is 551 g/mol. The van der Waals surface area contributed by atoms with Gasteiger partial charge < -0.3 is 14.4 Å². The van der Waals surface area contributed by atoms with Crippen LogP contribution in [0, 0.1) is 5.82 Å². The summed E-state index contributed by atoms with van der Waals surface area (Å²) in [5.74, 6) is -0.369. The van der Waals surface area contributed by atoms with Crippen LogP contribution >= 0.6 is 11.3 Å². The van der Waals surface area contributed by atoms with Gasteiger partial charge in [0.05, 0.1) is 37.0 Å². The summed E-state index contributed by atoms with van der Waals surface area (Å²) in [4.78, 5) is 32.1. The van der Waals surface area contributed by atoms with Gasteiger partial charge in [0.2, 0.25) is 0 Å². The van der Waals surface area contributed by atoms with Gasteiger partial charge in [-0.2, -0.15) is 5.10 Å². The van der Waals surface area contributed by atoms with E-state index in [0.717, 1.165) is 23.7 Å². The van der Waals surface area contributed by atoms with Gasteiger partial charge in [-0.05, 0) is 41.8 Å². The number of hydrogen-bond acceptors (Lipinski definition) is 7. The third-order valence-electron chi connectivity index (χ3n) is 6.98. The van der Waals surface area contributed by atoms with E-state index in [2.05, 4.69) is 10.0 Å². The van der Waals surface area contributed by atoms with Gasteiger partial charge in [-0.15, -0.1) is 11.3 Å². The first-order valence-corrected chi connectivity index (χ1v) is 13.8. The molecule has 1 aromatic heterocycles. The van der Waals surface area contributed by atoms with E-state index < -0.39 is 6.04 Å². The van der Waals surface area contributed by atoms with Gasteiger partial charge in [0.25, 0.3) is 11.8 Å². The van der Waals surface area contributed by atoms with Gasteiger partial charge in [-0.1, -0.05) is 24.3 Å². The second kappa shape index (κ2) is 12.5. The molecule has 0 aliphatic carbocycles. The number of rotatable bonds is 9. The number of thiophene rings is 1. The van der Waals surface area contributed by atoms with Crippen molar-refractivity contribution in [1.29, 1.82) is 0 Å². The van der Waals surface area contributed by atoms with E-state index in [1.54, 1.807) is 54.5 Å². The fraction of sp³-hybridized carbons (Fsp3) is 0.345. The van der Waals surface area contributed by atoms with Crippen molar-refractivity contribution >= 4 is 28.9 Å². The maximum absolute atomic E-state index is 14.9. The quantitative estimate of drug-likeness (QED) is 0.402. The van der Waals surface area contributed by atoms with E-state index in [-0.39, 0.29) is 24.2 Å². The molecule has 2 aliphatic rings. The topological polar surface area (TPSA) is 74.7 Å². The maximum atomic E-state index is 14.9. The molecule has 1 atom stereocenters. The molecule has 0 spiro atoms. The molecule has 0 N–H and O–H groups in total. The van der Waals surface area contributed by atoms with E-state index in [9.17, 15) is 14.0 Å². The monoisotopic (exact) mass is 550 g/mol. The van der Waals surface area contributed by atoms with Crippen LogP contribution in [-0.2, 0) is 9.53 Å². The van der Waals surface area contributed by atoms with Crippen molar-refractivity contribution in [2.45, 2.75) is 12.5 Å². The number of nitrogens with zero attached hydrogens (tertiary/aromatic N) is 4. The molecule has 1 fully saturated rings. The molecule has 0 saturated carbocycles. The molecule has 2 aromatic carbocycles. The average Bonchev–Trinajstić information content (AvgIpc) is 3.66. The first-order valence-electron chi connectivity index (χ1n) is 12.9. The molecule has 204 valence electrons. The fourth-order valence-electron chi connectivity index (χ4n) is 4.81. The molecule has 3 heterocycles. The minimum absolute atomic E-state index is 0.179. The molecule has 2 amide bonds. The smallest absolute Gasteiger partial charge is 0.262 e. The molecule has 1 unspecified atom stereocenters. The van der Waals surface area contributed by atoms with Crippen LogP contribution in [0.3, 0.4) is 0 Å². The van der Waals surface area contributed by atoms with Crippen LogP contribution in [0.15, 0.2) is 71.1 Å². The number of carbonyl (C=O) groups is 2.